The van der Waals surface area contributed by atoms with Crippen LogP contribution in [0.2, 0.25) is 0 Å². The molecule has 1 atom stereocenters. The zero-order valence-corrected chi connectivity index (χ0v) is 13.5. The number of benzene rings is 2. The summed E-state index contributed by atoms with van der Waals surface area (Å²) in [4.78, 5) is 10.1. The molecule has 0 saturated heterocycles. The molecule has 1 unspecified atom stereocenters. The van der Waals surface area contributed by atoms with Gasteiger partial charge in [-0.05, 0) is 34.2 Å². The Balaban J connectivity index is 0.000000257. The Hall–Kier alpha value is -2.24. The normalized spacial score (nSPS) is 11.7. The van der Waals surface area contributed by atoms with Gasteiger partial charge in [-0.25, -0.2) is 0 Å². The van der Waals surface area contributed by atoms with E-state index in [2.05, 4.69) is 0 Å². The fourth-order valence-electron chi connectivity index (χ4n) is 2.26. The van der Waals surface area contributed by atoms with Crippen LogP contribution in [0.3, 0.4) is 0 Å². The highest BCUT2D eigenvalue weighted by Gasteiger charge is 2.11. The van der Waals surface area contributed by atoms with Gasteiger partial charge in [-0.2, -0.15) is 0 Å². The van der Waals surface area contributed by atoms with E-state index in [0.717, 1.165) is 21.9 Å². The quantitative estimate of drug-likeness (QED) is 0.636. The van der Waals surface area contributed by atoms with Gasteiger partial charge in [-0.15, -0.1) is 0 Å². The minimum atomic E-state index is -0.913. The fourth-order valence-corrected chi connectivity index (χ4v) is 2.26. The van der Waals surface area contributed by atoms with Gasteiger partial charge in [0.15, 0.2) is 0 Å². The lowest BCUT2D eigenvalue weighted by atomic mass is 10.0. The van der Waals surface area contributed by atoms with Crippen molar-refractivity contribution < 1.29 is 15.0 Å². The summed E-state index contributed by atoms with van der Waals surface area (Å²) >= 11 is 0. The van der Waals surface area contributed by atoms with Crippen LogP contribution in [-0.2, 0) is 11.4 Å². The van der Waals surface area contributed by atoms with Crippen molar-refractivity contribution in [3.8, 4) is 0 Å². The van der Waals surface area contributed by atoms with Gasteiger partial charge in [0.1, 0.15) is 6.04 Å². The van der Waals surface area contributed by atoms with E-state index < -0.39 is 12.0 Å². The van der Waals surface area contributed by atoms with Crippen LogP contribution in [0, 0.1) is 11.3 Å². The van der Waals surface area contributed by atoms with Gasteiger partial charge in [0.2, 0.25) is 0 Å². The summed E-state index contributed by atoms with van der Waals surface area (Å²) < 4.78 is 0. The average molecular weight is 316 g/mol. The third-order valence-electron chi connectivity index (χ3n) is 3.42. The highest BCUT2D eigenvalue weighted by molar-refractivity contribution is 6.00. The molecule has 2 aromatic rings. The van der Waals surface area contributed by atoms with E-state index in [4.69, 9.17) is 21.4 Å². The number of fused-ring (bicyclic) bond motifs is 1. The maximum Gasteiger partial charge on any atom is 0.320 e. The molecule has 5 nitrogen and oxygen atoms in total. The van der Waals surface area contributed by atoms with Gasteiger partial charge < -0.3 is 21.4 Å². The summed E-state index contributed by atoms with van der Waals surface area (Å²) in [5.41, 5.74) is 7.01. The van der Waals surface area contributed by atoms with Gasteiger partial charge >= 0.3 is 5.97 Å². The average Bonchev–Trinajstić information content (AvgIpc) is 2.53. The van der Waals surface area contributed by atoms with E-state index in [1.807, 2.05) is 50.2 Å². The minimum absolute atomic E-state index is 0.0405. The molecule has 0 saturated carbocycles. The van der Waals surface area contributed by atoms with Crippen molar-refractivity contribution in [1.29, 1.82) is 5.41 Å². The molecule has 0 aliphatic heterocycles. The highest BCUT2D eigenvalue weighted by Crippen LogP contribution is 2.21. The Labute approximate surface area is 136 Å². The molecule has 0 aromatic heterocycles. The lowest BCUT2D eigenvalue weighted by Gasteiger charge is -2.07. The monoisotopic (exact) mass is 316 g/mol. The van der Waals surface area contributed by atoms with Crippen molar-refractivity contribution in [2.45, 2.75) is 32.9 Å². The summed E-state index contributed by atoms with van der Waals surface area (Å²) in [6.07, 6.45) is 1.89. The molecular formula is C18H24N2O3. The second-order valence-electron chi connectivity index (χ2n) is 5.74. The Kier molecular flexibility index (Phi) is 7.38. The molecule has 0 aliphatic rings. The van der Waals surface area contributed by atoms with E-state index in [-0.39, 0.29) is 6.61 Å². The Morgan fingerprint density at radius 3 is 2.26 bits per heavy atom. The van der Waals surface area contributed by atoms with E-state index in [1.165, 1.54) is 6.21 Å². The number of rotatable bonds is 5. The summed E-state index contributed by atoms with van der Waals surface area (Å²) in [5, 5.41) is 26.8. The third kappa shape index (κ3) is 5.47. The van der Waals surface area contributed by atoms with E-state index in [0.29, 0.717) is 12.3 Å². The first kappa shape index (κ1) is 18.8. The molecule has 0 heterocycles. The van der Waals surface area contributed by atoms with Gasteiger partial charge in [0.25, 0.3) is 0 Å². The molecule has 5 heteroatoms. The van der Waals surface area contributed by atoms with Crippen molar-refractivity contribution >= 4 is 23.0 Å². The molecule has 0 aliphatic carbocycles. The Morgan fingerprint density at radius 2 is 1.83 bits per heavy atom. The summed E-state index contributed by atoms with van der Waals surface area (Å²) in [6.45, 7) is 3.93. The van der Waals surface area contributed by atoms with Crippen molar-refractivity contribution in [2.24, 2.45) is 11.7 Å². The molecule has 2 aromatic carbocycles. The smallest absolute Gasteiger partial charge is 0.320 e. The number of aliphatic hydroxyl groups excluding tert-OH is 1. The van der Waals surface area contributed by atoms with Crippen LogP contribution in [0.1, 0.15) is 31.4 Å². The topological polar surface area (TPSA) is 107 Å². The van der Waals surface area contributed by atoms with Crippen molar-refractivity contribution in [3.63, 3.8) is 0 Å². The Morgan fingerprint density at radius 1 is 1.22 bits per heavy atom. The maximum atomic E-state index is 10.1. The largest absolute Gasteiger partial charge is 0.480 e. The van der Waals surface area contributed by atoms with Crippen LogP contribution in [0.15, 0.2) is 36.4 Å². The predicted molar refractivity (Wildman–Crippen MR) is 92.8 cm³/mol. The zero-order valence-electron chi connectivity index (χ0n) is 13.5. The van der Waals surface area contributed by atoms with Crippen LogP contribution in [0.25, 0.3) is 10.8 Å². The van der Waals surface area contributed by atoms with Crippen LogP contribution in [-0.4, -0.2) is 28.4 Å². The number of carbonyl (C=O) groups is 1. The number of carboxylic acids is 1. The van der Waals surface area contributed by atoms with Gasteiger partial charge in [0.05, 0.1) is 6.61 Å². The number of carboxylic acid groups (broad SMARTS) is 1. The van der Waals surface area contributed by atoms with Crippen molar-refractivity contribution in [1.82, 2.24) is 0 Å². The first-order valence-corrected chi connectivity index (χ1v) is 7.51. The molecule has 2 rings (SSSR count). The first-order chi connectivity index (χ1) is 10.9. The van der Waals surface area contributed by atoms with Gasteiger partial charge in [-0.3, -0.25) is 4.79 Å². The lowest BCUT2D eigenvalue weighted by Crippen LogP contribution is -2.31. The number of aliphatic carboxylic acids is 1. The maximum absolute atomic E-state index is 10.1. The summed E-state index contributed by atoms with van der Waals surface area (Å²) in [6, 6.07) is 10.8. The van der Waals surface area contributed by atoms with Crippen LogP contribution >= 0.6 is 0 Å². The number of nitrogens with one attached hydrogen (secondary N) is 1. The van der Waals surface area contributed by atoms with Crippen molar-refractivity contribution in [3.05, 3.63) is 47.5 Å². The molecule has 0 bridgehead atoms. The number of hydrogen-bond acceptors (Lipinski definition) is 4. The Bertz CT molecular complexity index is 668. The van der Waals surface area contributed by atoms with E-state index >= 15 is 0 Å². The van der Waals surface area contributed by atoms with Crippen LogP contribution in [0.4, 0.5) is 0 Å². The minimum Gasteiger partial charge on any atom is -0.480 e. The van der Waals surface area contributed by atoms with Gasteiger partial charge in [-0.1, -0.05) is 50.2 Å². The molecule has 0 fully saturated rings. The summed E-state index contributed by atoms with van der Waals surface area (Å²) in [5.74, 6) is -0.556. The molecule has 23 heavy (non-hydrogen) atoms. The molecule has 0 amide bonds. The lowest BCUT2D eigenvalue weighted by molar-refractivity contribution is -0.138. The molecule has 0 spiro atoms. The van der Waals surface area contributed by atoms with E-state index in [1.54, 1.807) is 0 Å². The molecular weight excluding hydrogens is 292 g/mol. The number of hydrogen-bond donors (Lipinski definition) is 4. The van der Waals surface area contributed by atoms with E-state index in [9.17, 15) is 4.79 Å². The molecule has 0 radical (unpaired) electrons. The number of aliphatic hydroxyl groups is 1. The second-order valence-corrected chi connectivity index (χ2v) is 5.74. The van der Waals surface area contributed by atoms with Crippen LogP contribution in [0.5, 0.6) is 0 Å². The van der Waals surface area contributed by atoms with Crippen LogP contribution < -0.4 is 5.73 Å². The van der Waals surface area contributed by atoms with Gasteiger partial charge in [0, 0.05) is 6.21 Å². The molecule has 5 N–H and O–H groups in total. The SMILES string of the molecule is CC(C)CC(N)C(=O)O.N=Cc1ccc(CO)c2ccccc12. The fraction of sp³-hybridized carbons (Fsp3) is 0.333. The summed E-state index contributed by atoms with van der Waals surface area (Å²) in [7, 11) is 0. The predicted octanol–water partition coefficient (Wildman–Crippen LogP) is 2.77. The third-order valence-corrected chi connectivity index (χ3v) is 3.42. The highest BCUT2D eigenvalue weighted by atomic mass is 16.4. The zero-order chi connectivity index (χ0) is 17.4. The molecule has 124 valence electrons. The standard InChI is InChI=1S/C12H11NO.C6H13NO2/c13-7-9-5-6-10(8-14)12-4-2-1-3-11(9)12;1-4(2)3-5(7)6(8)9/h1-7,13-14H,8H2;4-5H,3,7H2,1-2H3,(H,8,9). The second kappa shape index (κ2) is 9.02. The number of nitrogens with two attached hydrogens (primary N) is 1. The van der Waals surface area contributed by atoms with Crippen molar-refractivity contribution in [2.75, 3.05) is 0 Å². The first-order valence-electron chi connectivity index (χ1n) is 7.51.